The highest BCUT2D eigenvalue weighted by atomic mass is 19.1. The minimum Gasteiger partial charge on any atom is -0.480 e. The van der Waals surface area contributed by atoms with Crippen molar-refractivity contribution in [1.29, 1.82) is 0 Å². The van der Waals surface area contributed by atoms with E-state index < -0.39 is 23.9 Å². The van der Waals surface area contributed by atoms with Crippen LogP contribution in [0.4, 0.5) is 4.39 Å². The van der Waals surface area contributed by atoms with Gasteiger partial charge in [-0.2, -0.15) is 0 Å². The number of aliphatic carboxylic acids is 1. The Bertz CT molecular complexity index is 1490. The third kappa shape index (κ3) is 7.20. The number of halogens is 1. The number of carbonyl (C=O) groups is 3. The van der Waals surface area contributed by atoms with Crippen molar-refractivity contribution in [3.05, 3.63) is 125 Å². The van der Waals surface area contributed by atoms with Crippen LogP contribution in [0.5, 0.6) is 5.75 Å². The highest BCUT2D eigenvalue weighted by Gasteiger charge is 2.22. The molecule has 4 rings (SSSR count). The summed E-state index contributed by atoms with van der Waals surface area (Å²) >= 11 is 0. The summed E-state index contributed by atoms with van der Waals surface area (Å²) in [6.45, 7) is 6.22. The van der Waals surface area contributed by atoms with Gasteiger partial charge in [0.1, 0.15) is 17.6 Å². The van der Waals surface area contributed by atoms with Crippen LogP contribution in [0.3, 0.4) is 0 Å². The SMILES string of the molecule is CC(C)(C)c1ccc(C(=O)NC(Cc2ccc(OC(=O)c3ccc(-c4ccc(F)cc4)cc3)cc2)C(=O)O)cc1. The molecule has 4 aromatic rings. The van der Waals surface area contributed by atoms with E-state index in [4.69, 9.17) is 4.74 Å². The van der Waals surface area contributed by atoms with Gasteiger partial charge in [0.15, 0.2) is 0 Å². The lowest BCUT2D eigenvalue weighted by atomic mass is 9.86. The Morgan fingerprint density at radius 2 is 1.30 bits per heavy atom. The fraction of sp³-hybridized carbons (Fsp3) is 0.182. The minimum atomic E-state index is -1.15. The van der Waals surface area contributed by atoms with E-state index in [0.29, 0.717) is 22.4 Å². The van der Waals surface area contributed by atoms with Gasteiger partial charge in [0, 0.05) is 12.0 Å². The molecule has 204 valence electrons. The molecule has 2 N–H and O–H groups in total. The number of esters is 1. The molecule has 0 aliphatic rings. The molecule has 0 saturated carbocycles. The number of carboxylic acid groups (broad SMARTS) is 1. The molecule has 0 aliphatic carbocycles. The number of amides is 1. The standard InChI is InChI=1S/C33H30FNO5/c1-33(2,3)26-14-10-24(11-15-26)30(36)35-29(31(37)38)20-21-4-18-28(19-5-21)40-32(39)25-8-6-22(7-9-25)23-12-16-27(34)17-13-23/h4-19,29H,20H2,1-3H3,(H,35,36)(H,37,38). The molecule has 0 saturated heterocycles. The summed E-state index contributed by atoms with van der Waals surface area (Å²) in [5.41, 5.74) is 4.05. The Labute approximate surface area is 232 Å². The fourth-order valence-corrected chi connectivity index (χ4v) is 4.10. The first kappa shape index (κ1) is 28.2. The number of ether oxygens (including phenoxy) is 1. The summed E-state index contributed by atoms with van der Waals surface area (Å²) in [5.74, 6) is -2.19. The van der Waals surface area contributed by atoms with Crippen LogP contribution in [0.25, 0.3) is 11.1 Å². The quantitative estimate of drug-likeness (QED) is 0.199. The molecule has 6 nitrogen and oxygen atoms in total. The maximum atomic E-state index is 13.2. The summed E-state index contributed by atoms with van der Waals surface area (Å²) in [4.78, 5) is 37.1. The summed E-state index contributed by atoms with van der Waals surface area (Å²) in [5, 5.41) is 12.3. The van der Waals surface area contributed by atoms with E-state index in [0.717, 1.165) is 16.7 Å². The number of rotatable bonds is 8. The van der Waals surface area contributed by atoms with Gasteiger partial charge in [-0.25, -0.2) is 14.0 Å². The van der Waals surface area contributed by atoms with Crippen LogP contribution in [0.2, 0.25) is 0 Å². The van der Waals surface area contributed by atoms with Gasteiger partial charge in [-0.3, -0.25) is 4.79 Å². The zero-order valence-electron chi connectivity index (χ0n) is 22.5. The van der Waals surface area contributed by atoms with Gasteiger partial charge in [-0.05, 0) is 76.2 Å². The van der Waals surface area contributed by atoms with E-state index in [2.05, 4.69) is 26.1 Å². The van der Waals surface area contributed by atoms with Gasteiger partial charge in [-0.15, -0.1) is 0 Å². The molecule has 1 atom stereocenters. The zero-order chi connectivity index (χ0) is 28.9. The van der Waals surface area contributed by atoms with Crippen molar-refractivity contribution in [2.45, 2.75) is 38.6 Å². The lowest BCUT2D eigenvalue weighted by molar-refractivity contribution is -0.139. The normalized spacial score (nSPS) is 11.9. The average Bonchev–Trinajstić information content (AvgIpc) is 2.93. The molecule has 4 aromatic carbocycles. The number of carbonyl (C=O) groups excluding carboxylic acids is 2. The molecule has 0 aromatic heterocycles. The molecule has 40 heavy (non-hydrogen) atoms. The molecule has 1 amide bonds. The Kier molecular flexibility index (Phi) is 8.43. The van der Waals surface area contributed by atoms with Gasteiger partial charge < -0.3 is 15.2 Å². The van der Waals surface area contributed by atoms with Crippen LogP contribution in [0, 0.1) is 5.82 Å². The first-order chi connectivity index (χ1) is 19.0. The Hall–Kier alpha value is -4.78. The molecule has 0 bridgehead atoms. The van der Waals surface area contributed by atoms with Gasteiger partial charge in [0.2, 0.25) is 0 Å². The van der Waals surface area contributed by atoms with Crippen molar-refractivity contribution in [2.75, 3.05) is 0 Å². The van der Waals surface area contributed by atoms with Crippen LogP contribution in [0.15, 0.2) is 97.1 Å². The zero-order valence-corrected chi connectivity index (χ0v) is 22.5. The summed E-state index contributed by atoms with van der Waals surface area (Å²) < 4.78 is 18.6. The topological polar surface area (TPSA) is 92.7 Å². The lowest BCUT2D eigenvalue weighted by Crippen LogP contribution is -2.42. The maximum absolute atomic E-state index is 13.2. The molecule has 7 heteroatoms. The number of hydrogen-bond acceptors (Lipinski definition) is 4. The predicted octanol–water partition coefficient (Wildman–Crippen LogP) is 6.44. The van der Waals surface area contributed by atoms with Crippen LogP contribution in [-0.2, 0) is 16.6 Å². The van der Waals surface area contributed by atoms with Crippen molar-refractivity contribution < 1.29 is 28.6 Å². The van der Waals surface area contributed by atoms with Crippen molar-refractivity contribution >= 4 is 17.8 Å². The third-order valence-electron chi connectivity index (χ3n) is 6.49. The molecule has 0 radical (unpaired) electrons. The largest absolute Gasteiger partial charge is 0.480 e. The maximum Gasteiger partial charge on any atom is 0.343 e. The molecular weight excluding hydrogens is 509 g/mol. The highest BCUT2D eigenvalue weighted by Crippen LogP contribution is 2.23. The summed E-state index contributed by atoms with van der Waals surface area (Å²) in [7, 11) is 0. The Morgan fingerprint density at radius 1 is 0.775 bits per heavy atom. The van der Waals surface area contributed by atoms with Crippen molar-refractivity contribution in [1.82, 2.24) is 5.32 Å². The smallest absolute Gasteiger partial charge is 0.343 e. The first-order valence-electron chi connectivity index (χ1n) is 12.8. The van der Waals surface area contributed by atoms with Gasteiger partial charge in [0.05, 0.1) is 5.56 Å². The second kappa shape index (κ2) is 11.9. The molecule has 0 spiro atoms. The molecule has 0 fully saturated rings. The molecule has 0 aliphatic heterocycles. The predicted molar refractivity (Wildman–Crippen MR) is 151 cm³/mol. The summed E-state index contributed by atoms with van der Waals surface area (Å²) in [6, 6.07) is 25.3. The second-order valence-electron chi connectivity index (χ2n) is 10.5. The fourth-order valence-electron chi connectivity index (χ4n) is 4.10. The highest BCUT2D eigenvalue weighted by molar-refractivity contribution is 5.96. The lowest BCUT2D eigenvalue weighted by Gasteiger charge is -2.19. The van der Waals surface area contributed by atoms with Crippen LogP contribution >= 0.6 is 0 Å². The third-order valence-corrected chi connectivity index (χ3v) is 6.49. The minimum absolute atomic E-state index is 0.0558. The molecule has 0 heterocycles. The first-order valence-corrected chi connectivity index (χ1v) is 12.8. The number of benzene rings is 4. The van der Waals surface area contributed by atoms with Crippen molar-refractivity contribution in [3.8, 4) is 16.9 Å². The van der Waals surface area contributed by atoms with Crippen molar-refractivity contribution in [3.63, 3.8) is 0 Å². The number of carboxylic acids is 1. The molecule has 1 unspecified atom stereocenters. The van der Waals surface area contributed by atoms with E-state index >= 15 is 0 Å². The van der Waals surface area contributed by atoms with Crippen LogP contribution in [-0.4, -0.2) is 29.0 Å². The second-order valence-corrected chi connectivity index (χ2v) is 10.5. The van der Waals surface area contributed by atoms with Gasteiger partial charge in [0.25, 0.3) is 5.91 Å². The number of nitrogens with one attached hydrogen (secondary N) is 1. The Balaban J connectivity index is 1.35. The van der Waals surface area contributed by atoms with E-state index in [1.165, 1.54) is 12.1 Å². The van der Waals surface area contributed by atoms with Crippen LogP contribution in [0.1, 0.15) is 52.6 Å². The van der Waals surface area contributed by atoms with Gasteiger partial charge >= 0.3 is 11.9 Å². The van der Waals surface area contributed by atoms with Crippen LogP contribution < -0.4 is 10.1 Å². The van der Waals surface area contributed by atoms with E-state index in [1.54, 1.807) is 72.8 Å². The monoisotopic (exact) mass is 539 g/mol. The summed E-state index contributed by atoms with van der Waals surface area (Å²) in [6.07, 6.45) is 0.0558. The number of hydrogen-bond donors (Lipinski definition) is 2. The molecular formula is C33H30FNO5. The average molecular weight is 540 g/mol. The van der Waals surface area contributed by atoms with E-state index in [-0.39, 0.29) is 17.7 Å². The van der Waals surface area contributed by atoms with Gasteiger partial charge in [-0.1, -0.05) is 69.3 Å². The van der Waals surface area contributed by atoms with E-state index in [1.807, 2.05) is 12.1 Å². The van der Waals surface area contributed by atoms with Crippen molar-refractivity contribution in [2.24, 2.45) is 0 Å². The Morgan fingerprint density at radius 3 is 1.82 bits per heavy atom. The van der Waals surface area contributed by atoms with E-state index in [9.17, 15) is 23.9 Å².